The van der Waals surface area contributed by atoms with E-state index in [1.807, 2.05) is 24.3 Å². The molecule has 0 bridgehead atoms. The molecule has 1 aromatic heterocycles. The molecule has 2 N–H and O–H groups in total. The number of aromatic nitrogens is 2. The number of halogens is 4. The Labute approximate surface area is 207 Å². The van der Waals surface area contributed by atoms with Crippen molar-refractivity contribution >= 4 is 28.6 Å². The number of carbonyl (C=O) groups is 1. The Hall–Kier alpha value is -2.78. The van der Waals surface area contributed by atoms with E-state index in [1.165, 1.54) is 43.3 Å². The highest BCUT2D eigenvalue weighted by Crippen LogP contribution is 2.23. The Morgan fingerprint density at radius 1 is 1.26 bits per heavy atom. The first-order valence-electron chi connectivity index (χ1n) is 11.5. The highest BCUT2D eigenvalue weighted by Gasteiger charge is 2.38. The van der Waals surface area contributed by atoms with Gasteiger partial charge in [0.25, 0.3) is 0 Å². The standard InChI is InChI=1S/C23H28ClN3O.C2HF3O2/c1-17-6-11-22-21(14-17)26-23(16-28-20-9-7-19(24)8-10-20)27(22)13-3-5-18-4-2-12-25-15-18;3-2(4,5)1(6)7/h6-11,14,18,25H,2-5,12-13,15-16H2,1H3;(H,6,7). The second-order valence-corrected chi connectivity index (χ2v) is 9.01. The predicted octanol–water partition coefficient (Wildman–Crippen LogP) is 5.99. The number of alkyl halides is 3. The smallest absolute Gasteiger partial charge is 0.486 e. The van der Waals surface area contributed by atoms with Crippen molar-refractivity contribution in [3.8, 4) is 5.75 Å². The van der Waals surface area contributed by atoms with Gasteiger partial charge in [-0.05, 0) is 93.6 Å². The maximum Gasteiger partial charge on any atom is 0.490 e. The molecule has 2 heterocycles. The average molecular weight is 512 g/mol. The van der Waals surface area contributed by atoms with Crippen molar-refractivity contribution in [2.45, 2.75) is 51.9 Å². The second kappa shape index (κ2) is 12.3. The van der Waals surface area contributed by atoms with Crippen molar-refractivity contribution in [3.63, 3.8) is 0 Å². The molecule has 6 nitrogen and oxygen atoms in total. The number of carboxylic acids is 1. The number of nitrogens with one attached hydrogen (secondary N) is 1. The van der Waals surface area contributed by atoms with Crippen molar-refractivity contribution in [1.82, 2.24) is 14.9 Å². The summed E-state index contributed by atoms with van der Waals surface area (Å²) in [6.45, 7) is 5.89. The lowest BCUT2D eigenvalue weighted by Gasteiger charge is -2.22. The van der Waals surface area contributed by atoms with E-state index in [1.54, 1.807) is 0 Å². The van der Waals surface area contributed by atoms with Gasteiger partial charge >= 0.3 is 12.1 Å². The van der Waals surface area contributed by atoms with Crippen LogP contribution in [-0.4, -0.2) is 39.9 Å². The summed E-state index contributed by atoms with van der Waals surface area (Å²) in [5, 5.41) is 11.4. The minimum absolute atomic E-state index is 0.459. The number of ether oxygens (including phenoxy) is 1. The topological polar surface area (TPSA) is 76.4 Å². The van der Waals surface area contributed by atoms with Crippen molar-refractivity contribution in [2.75, 3.05) is 13.1 Å². The van der Waals surface area contributed by atoms with Crippen LogP contribution in [0, 0.1) is 12.8 Å². The number of aliphatic carboxylic acids is 1. The van der Waals surface area contributed by atoms with Crippen LogP contribution in [0.25, 0.3) is 11.0 Å². The van der Waals surface area contributed by atoms with Gasteiger partial charge in [0.1, 0.15) is 18.2 Å². The summed E-state index contributed by atoms with van der Waals surface area (Å²) < 4.78 is 40.1. The molecule has 10 heteroatoms. The molecule has 1 atom stereocenters. The monoisotopic (exact) mass is 511 g/mol. The van der Waals surface area contributed by atoms with Gasteiger partial charge < -0.3 is 19.7 Å². The number of piperidine rings is 1. The molecule has 3 aromatic rings. The number of fused-ring (bicyclic) bond motifs is 1. The van der Waals surface area contributed by atoms with Gasteiger partial charge in [-0.1, -0.05) is 17.7 Å². The Balaban J connectivity index is 0.000000429. The number of hydrogen-bond acceptors (Lipinski definition) is 4. The number of nitrogens with zero attached hydrogens (tertiary/aromatic N) is 2. The molecule has 1 fully saturated rings. The van der Waals surface area contributed by atoms with Gasteiger partial charge in [-0.3, -0.25) is 0 Å². The third-order valence-electron chi connectivity index (χ3n) is 5.80. The van der Waals surface area contributed by atoms with E-state index < -0.39 is 12.1 Å². The average Bonchev–Trinajstić information content (AvgIpc) is 3.15. The second-order valence-electron chi connectivity index (χ2n) is 8.57. The molecule has 0 saturated carbocycles. The number of carboxylic acid groups (broad SMARTS) is 1. The maximum absolute atomic E-state index is 10.6. The van der Waals surface area contributed by atoms with Gasteiger partial charge in [-0.2, -0.15) is 13.2 Å². The van der Waals surface area contributed by atoms with Crippen LogP contribution in [0.1, 0.15) is 37.1 Å². The molecule has 35 heavy (non-hydrogen) atoms. The van der Waals surface area contributed by atoms with Crippen LogP contribution in [0.4, 0.5) is 13.2 Å². The van der Waals surface area contributed by atoms with Gasteiger partial charge in [-0.25, -0.2) is 9.78 Å². The van der Waals surface area contributed by atoms with Crippen LogP contribution >= 0.6 is 11.6 Å². The third kappa shape index (κ3) is 8.14. The summed E-state index contributed by atoms with van der Waals surface area (Å²) in [5.41, 5.74) is 3.48. The Kier molecular flexibility index (Phi) is 9.40. The first kappa shape index (κ1) is 26.8. The van der Waals surface area contributed by atoms with E-state index in [0.717, 1.165) is 36.1 Å². The van der Waals surface area contributed by atoms with Gasteiger partial charge in [-0.15, -0.1) is 0 Å². The molecule has 0 amide bonds. The number of benzene rings is 2. The van der Waals surface area contributed by atoms with Crippen LogP contribution in [0.5, 0.6) is 5.75 Å². The van der Waals surface area contributed by atoms with Crippen LogP contribution < -0.4 is 10.1 Å². The lowest BCUT2D eigenvalue weighted by atomic mass is 9.95. The molecule has 4 rings (SSSR count). The number of aryl methyl sites for hydroxylation is 2. The van der Waals surface area contributed by atoms with E-state index >= 15 is 0 Å². The fourth-order valence-electron chi connectivity index (χ4n) is 4.04. The Bertz CT molecular complexity index is 1110. The van der Waals surface area contributed by atoms with Gasteiger partial charge in [0.2, 0.25) is 0 Å². The molecule has 0 aliphatic carbocycles. The first-order chi connectivity index (χ1) is 16.6. The van der Waals surface area contributed by atoms with E-state index in [9.17, 15) is 13.2 Å². The van der Waals surface area contributed by atoms with Crippen LogP contribution in [0.15, 0.2) is 42.5 Å². The fraction of sp³-hybridized carbons (Fsp3) is 0.440. The molecule has 1 aliphatic heterocycles. The quantitative estimate of drug-likeness (QED) is 0.407. The van der Waals surface area contributed by atoms with Crippen LogP contribution in [-0.2, 0) is 17.9 Å². The van der Waals surface area contributed by atoms with Gasteiger partial charge in [0, 0.05) is 11.6 Å². The fourth-order valence-corrected chi connectivity index (χ4v) is 4.16. The molecule has 0 spiro atoms. The largest absolute Gasteiger partial charge is 0.490 e. The lowest BCUT2D eigenvalue weighted by molar-refractivity contribution is -0.192. The minimum Gasteiger partial charge on any atom is -0.486 e. The molecule has 1 unspecified atom stereocenters. The molecule has 1 aliphatic rings. The maximum atomic E-state index is 10.6. The van der Waals surface area contributed by atoms with E-state index in [2.05, 4.69) is 35.0 Å². The van der Waals surface area contributed by atoms with Crippen molar-refractivity contribution < 1.29 is 27.8 Å². The van der Waals surface area contributed by atoms with Gasteiger partial charge in [0.05, 0.1) is 11.0 Å². The third-order valence-corrected chi connectivity index (χ3v) is 6.05. The first-order valence-corrected chi connectivity index (χ1v) is 11.9. The highest BCUT2D eigenvalue weighted by molar-refractivity contribution is 6.30. The zero-order valence-corrected chi connectivity index (χ0v) is 20.2. The van der Waals surface area contributed by atoms with Crippen molar-refractivity contribution in [3.05, 3.63) is 58.9 Å². The zero-order valence-electron chi connectivity index (χ0n) is 19.4. The van der Waals surface area contributed by atoms with E-state index in [4.69, 9.17) is 31.2 Å². The number of imidazole rings is 1. The summed E-state index contributed by atoms with van der Waals surface area (Å²) in [5.74, 6) is -0.156. The van der Waals surface area contributed by atoms with Crippen LogP contribution in [0.3, 0.4) is 0 Å². The summed E-state index contributed by atoms with van der Waals surface area (Å²) in [7, 11) is 0. The van der Waals surface area contributed by atoms with E-state index in [-0.39, 0.29) is 0 Å². The SMILES string of the molecule is Cc1ccc2c(c1)nc(COc1ccc(Cl)cc1)n2CCCC1CCCNC1.O=C(O)C(F)(F)F. The number of hydrogen-bond donors (Lipinski definition) is 2. The lowest BCUT2D eigenvalue weighted by Crippen LogP contribution is -2.29. The zero-order chi connectivity index (χ0) is 25.4. The van der Waals surface area contributed by atoms with E-state index in [0.29, 0.717) is 11.6 Å². The summed E-state index contributed by atoms with van der Waals surface area (Å²) in [6, 6.07) is 14.0. The Morgan fingerprint density at radius 3 is 2.60 bits per heavy atom. The molecule has 190 valence electrons. The van der Waals surface area contributed by atoms with Crippen molar-refractivity contribution in [2.24, 2.45) is 5.92 Å². The molecule has 2 aromatic carbocycles. The predicted molar refractivity (Wildman–Crippen MR) is 129 cm³/mol. The summed E-state index contributed by atoms with van der Waals surface area (Å²) >= 11 is 5.97. The number of rotatable bonds is 7. The summed E-state index contributed by atoms with van der Waals surface area (Å²) in [4.78, 5) is 13.8. The Morgan fingerprint density at radius 2 is 1.97 bits per heavy atom. The summed E-state index contributed by atoms with van der Waals surface area (Å²) in [6.07, 6.45) is -0.00280. The highest BCUT2D eigenvalue weighted by atomic mass is 35.5. The van der Waals surface area contributed by atoms with Crippen molar-refractivity contribution in [1.29, 1.82) is 0 Å². The normalized spacial score (nSPS) is 16.0. The molecule has 1 saturated heterocycles. The van der Waals surface area contributed by atoms with Gasteiger partial charge in [0.15, 0.2) is 0 Å². The molecule has 0 radical (unpaired) electrons. The minimum atomic E-state index is -5.08. The van der Waals surface area contributed by atoms with Crippen LogP contribution in [0.2, 0.25) is 5.02 Å². The molecular weight excluding hydrogens is 483 g/mol. The molecular formula is C25H29ClF3N3O3.